The molecule has 0 aliphatic rings. The zero-order chi connectivity index (χ0) is 14.8. The lowest BCUT2D eigenvalue weighted by molar-refractivity contribution is -0.393. The Hall–Kier alpha value is -2.59. The molecule has 1 aromatic heterocycles. The molecule has 2 N–H and O–H groups in total. The summed E-state index contributed by atoms with van der Waals surface area (Å²) in [5.74, 6) is -4.40. The van der Waals surface area contributed by atoms with Crippen molar-refractivity contribution in [3.8, 4) is 5.75 Å². The molecule has 0 spiro atoms. The Morgan fingerprint density at radius 1 is 1.53 bits per heavy atom. The fourth-order valence-corrected chi connectivity index (χ4v) is 1.18. The lowest BCUT2D eigenvalue weighted by Gasteiger charge is -2.09. The van der Waals surface area contributed by atoms with Crippen molar-refractivity contribution in [3.05, 3.63) is 32.1 Å². The zero-order valence-electron chi connectivity index (χ0n) is 8.85. The van der Waals surface area contributed by atoms with Crippen molar-refractivity contribution in [2.24, 2.45) is 0 Å². The normalized spacial score (nSPS) is 11.1. The summed E-state index contributed by atoms with van der Waals surface area (Å²) < 4.78 is 39.4. The highest BCUT2D eigenvalue weighted by Crippen LogP contribution is 2.27. The molecule has 0 unspecified atom stereocenters. The number of halogens is 3. The van der Waals surface area contributed by atoms with Crippen LogP contribution in [0.25, 0.3) is 0 Å². The smallest absolute Gasteiger partial charge is 0.481 e. The van der Waals surface area contributed by atoms with Gasteiger partial charge in [-0.15, -0.1) is 13.2 Å². The van der Waals surface area contributed by atoms with Crippen molar-refractivity contribution in [1.29, 1.82) is 0 Å². The number of aliphatic carboxylic acids is 1. The van der Waals surface area contributed by atoms with E-state index in [4.69, 9.17) is 5.11 Å². The quantitative estimate of drug-likeness (QED) is 0.622. The number of carboxylic acid groups (broad SMARTS) is 1. The Balaban J connectivity index is 3.40. The van der Waals surface area contributed by atoms with Gasteiger partial charge in [0.05, 0.1) is 18.2 Å². The summed E-state index contributed by atoms with van der Waals surface area (Å²) in [7, 11) is 0. The molecule has 1 rings (SSSR count). The van der Waals surface area contributed by atoms with Gasteiger partial charge >= 0.3 is 18.1 Å². The lowest BCUT2D eigenvalue weighted by atomic mass is 10.2. The van der Waals surface area contributed by atoms with Gasteiger partial charge in [0.25, 0.3) is 5.75 Å². The molecule has 8 nitrogen and oxygen atoms in total. The molecule has 0 atom stereocenters. The van der Waals surface area contributed by atoms with Crippen LogP contribution >= 0.6 is 0 Å². The summed E-state index contributed by atoms with van der Waals surface area (Å²) in [4.78, 5) is 32.8. The summed E-state index contributed by atoms with van der Waals surface area (Å²) in [5.41, 5.74) is -2.11. The number of hydrogen-bond donors (Lipinski definition) is 2. The minimum Gasteiger partial charge on any atom is -0.481 e. The maximum atomic E-state index is 12.0. The number of ether oxygens (including phenoxy) is 1. The van der Waals surface area contributed by atoms with Gasteiger partial charge in [-0.3, -0.25) is 9.59 Å². The Labute approximate surface area is 101 Å². The molecule has 0 bridgehead atoms. The van der Waals surface area contributed by atoms with Crippen LogP contribution in [0.15, 0.2) is 11.0 Å². The average molecular weight is 282 g/mol. The summed E-state index contributed by atoms with van der Waals surface area (Å²) in [6.45, 7) is 0. The summed E-state index contributed by atoms with van der Waals surface area (Å²) in [6, 6.07) is 0. The monoisotopic (exact) mass is 282 g/mol. The third-order valence-corrected chi connectivity index (χ3v) is 1.84. The molecule has 0 radical (unpaired) electrons. The molecular weight excluding hydrogens is 277 g/mol. The number of carbonyl (C=O) groups is 1. The number of nitro groups is 1. The van der Waals surface area contributed by atoms with E-state index in [1.54, 1.807) is 4.98 Å². The minimum absolute atomic E-state index is 0.600. The molecule has 104 valence electrons. The lowest BCUT2D eigenvalue weighted by Crippen LogP contribution is -2.25. The molecule has 19 heavy (non-hydrogen) atoms. The van der Waals surface area contributed by atoms with Crippen LogP contribution < -0.4 is 10.2 Å². The van der Waals surface area contributed by atoms with Gasteiger partial charge in [0.2, 0.25) is 5.43 Å². The minimum atomic E-state index is -5.32. The largest absolute Gasteiger partial charge is 0.573 e. The van der Waals surface area contributed by atoms with Gasteiger partial charge in [-0.05, 0) is 4.92 Å². The fourth-order valence-electron chi connectivity index (χ4n) is 1.18. The third-order valence-electron chi connectivity index (χ3n) is 1.84. The second-order valence-corrected chi connectivity index (χ2v) is 3.20. The number of aromatic nitrogens is 1. The van der Waals surface area contributed by atoms with Crippen LogP contribution in [0.3, 0.4) is 0 Å². The van der Waals surface area contributed by atoms with Crippen LogP contribution in [-0.4, -0.2) is 27.3 Å². The first kappa shape index (κ1) is 14.5. The maximum absolute atomic E-state index is 12.0. The van der Waals surface area contributed by atoms with Crippen LogP contribution in [0.2, 0.25) is 0 Å². The highest BCUT2D eigenvalue weighted by molar-refractivity contribution is 5.70. The van der Waals surface area contributed by atoms with E-state index in [1.807, 2.05) is 0 Å². The summed E-state index contributed by atoms with van der Waals surface area (Å²) in [5, 5.41) is 18.9. The Morgan fingerprint density at radius 2 is 2.11 bits per heavy atom. The Bertz CT molecular complexity index is 579. The van der Waals surface area contributed by atoms with E-state index in [1.165, 1.54) is 0 Å². The number of hydrogen-bond acceptors (Lipinski definition) is 5. The van der Waals surface area contributed by atoms with Gasteiger partial charge in [-0.25, -0.2) is 4.98 Å². The molecule has 0 aromatic carbocycles. The van der Waals surface area contributed by atoms with Gasteiger partial charge < -0.3 is 20.0 Å². The van der Waals surface area contributed by atoms with E-state index in [0.717, 1.165) is 0 Å². The van der Waals surface area contributed by atoms with Crippen LogP contribution in [0.4, 0.5) is 19.0 Å². The predicted octanol–water partition coefficient (Wildman–Crippen LogP) is 0.809. The van der Waals surface area contributed by atoms with Crippen molar-refractivity contribution in [1.82, 2.24) is 4.98 Å². The molecule has 11 heteroatoms. The highest BCUT2D eigenvalue weighted by atomic mass is 19.4. The first-order chi connectivity index (χ1) is 8.61. The standard InChI is InChI=1S/C8H5F3N2O6/c9-8(10,11)19-6-5(16)3(1-4(14)15)2-12-7(6)13(17)18/h2H,1H2,(H,12,16)(H,14,15). The van der Waals surface area contributed by atoms with Crippen molar-refractivity contribution in [2.45, 2.75) is 12.8 Å². The number of pyridine rings is 1. The van der Waals surface area contributed by atoms with E-state index in [0.29, 0.717) is 6.20 Å². The summed E-state index contributed by atoms with van der Waals surface area (Å²) in [6.07, 6.45) is -5.57. The van der Waals surface area contributed by atoms with E-state index >= 15 is 0 Å². The Kier molecular flexibility index (Phi) is 3.77. The van der Waals surface area contributed by atoms with E-state index in [-0.39, 0.29) is 0 Å². The first-order valence-electron chi connectivity index (χ1n) is 4.48. The molecule has 0 amide bonds. The van der Waals surface area contributed by atoms with Crippen molar-refractivity contribution in [3.63, 3.8) is 0 Å². The maximum Gasteiger partial charge on any atom is 0.573 e. The molecule has 0 aliphatic carbocycles. The van der Waals surface area contributed by atoms with Crippen molar-refractivity contribution >= 4 is 11.8 Å². The Morgan fingerprint density at radius 3 is 2.53 bits per heavy atom. The highest BCUT2D eigenvalue weighted by Gasteiger charge is 2.36. The van der Waals surface area contributed by atoms with Gasteiger partial charge in [0.1, 0.15) is 0 Å². The van der Waals surface area contributed by atoms with E-state index in [2.05, 4.69) is 4.74 Å². The molecule has 1 heterocycles. The zero-order valence-corrected chi connectivity index (χ0v) is 8.85. The molecule has 0 saturated heterocycles. The number of carboxylic acids is 1. The molecule has 0 fully saturated rings. The number of rotatable bonds is 4. The van der Waals surface area contributed by atoms with Crippen LogP contribution in [0, 0.1) is 10.1 Å². The third kappa shape index (κ3) is 3.69. The topological polar surface area (TPSA) is 123 Å². The average Bonchev–Trinajstić information content (AvgIpc) is 2.21. The van der Waals surface area contributed by atoms with Crippen molar-refractivity contribution in [2.75, 3.05) is 0 Å². The molecule has 1 aromatic rings. The van der Waals surface area contributed by atoms with Crippen LogP contribution in [0.5, 0.6) is 5.75 Å². The molecule has 0 saturated carbocycles. The van der Waals surface area contributed by atoms with Gasteiger partial charge in [0, 0.05) is 0 Å². The number of aromatic amines is 1. The number of alkyl halides is 3. The van der Waals surface area contributed by atoms with Crippen molar-refractivity contribution < 1.29 is 32.7 Å². The van der Waals surface area contributed by atoms with Gasteiger partial charge in [-0.2, -0.15) is 0 Å². The number of nitrogens with zero attached hydrogens (tertiary/aromatic N) is 1. The first-order valence-corrected chi connectivity index (χ1v) is 4.48. The fraction of sp³-hybridized carbons (Fsp3) is 0.250. The second kappa shape index (κ2) is 4.96. The summed E-state index contributed by atoms with van der Waals surface area (Å²) >= 11 is 0. The number of H-pyrrole nitrogens is 1. The molecular formula is C8H5F3N2O6. The second-order valence-electron chi connectivity index (χ2n) is 3.20. The number of nitrogens with one attached hydrogen (secondary N) is 1. The molecule has 0 aliphatic heterocycles. The van der Waals surface area contributed by atoms with Crippen LogP contribution in [0.1, 0.15) is 5.56 Å². The SMILES string of the molecule is O=C(O)Cc1c[nH]c([N+](=O)[O-])c(OC(F)(F)F)c1=O. The van der Waals surface area contributed by atoms with E-state index in [9.17, 15) is 32.9 Å². The van der Waals surface area contributed by atoms with Crippen LogP contribution in [-0.2, 0) is 11.2 Å². The predicted molar refractivity (Wildman–Crippen MR) is 51.7 cm³/mol. The van der Waals surface area contributed by atoms with E-state index < -0.39 is 46.2 Å². The van der Waals surface area contributed by atoms with Gasteiger partial charge in [-0.1, -0.05) is 0 Å². The van der Waals surface area contributed by atoms with Gasteiger partial charge in [0.15, 0.2) is 0 Å².